The van der Waals surface area contributed by atoms with Gasteiger partial charge < -0.3 is 5.32 Å². The summed E-state index contributed by atoms with van der Waals surface area (Å²) >= 11 is 0. The Bertz CT molecular complexity index is 1080. The number of fused-ring (bicyclic) bond motifs is 1. The summed E-state index contributed by atoms with van der Waals surface area (Å²) in [4.78, 5) is 13.3. The Morgan fingerprint density at radius 1 is 1.09 bits per heavy atom. The molecule has 1 aliphatic carbocycles. The number of azo groups is 1. The predicted octanol–water partition coefficient (Wildman–Crippen LogP) is 6.21. The smallest absolute Gasteiger partial charge is 0.362 e. The second-order valence-electron chi connectivity index (χ2n) is 9.15. The Kier molecular flexibility index (Phi) is 4.88. The average Bonchev–Trinajstić information content (AvgIpc) is 3.09. The van der Waals surface area contributed by atoms with Crippen molar-refractivity contribution in [1.29, 1.82) is 0 Å². The number of benzene rings is 1. The van der Waals surface area contributed by atoms with E-state index in [1.54, 1.807) is 6.92 Å². The number of allylic oxidation sites excluding steroid dienone is 3. The zero-order chi connectivity index (χ0) is 23.7. The van der Waals surface area contributed by atoms with Gasteiger partial charge in [0.05, 0.1) is 11.0 Å². The molecule has 0 aromatic heterocycles. The van der Waals surface area contributed by atoms with Crippen molar-refractivity contribution in [3.05, 3.63) is 57.9 Å². The number of carbonyl (C=O) groups is 1. The summed E-state index contributed by atoms with van der Waals surface area (Å²) in [6.45, 7) is 5.29. The summed E-state index contributed by atoms with van der Waals surface area (Å²) < 4.78 is 82.2. The predicted molar refractivity (Wildman–Crippen MR) is 103 cm³/mol. The summed E-state index contributed by atoms with van der Waals surface area (Å²) in [5.74, 6) is -0.387. The zero-order valence-electron chi connectivity index (χ0n) is 17.6. The second-order valence-corrected chi connectivity index (χ2v) is 9.15. The van der Waals surface area contributed by atoms with Gasteiger partial charge in [0.1, 0.15) is 0 Å². The number of rotatable bonds is 2. The highest BCUT2D eigenvalue weighted by Crippen LogP contribution is 2.56. The van der Waals surface area contributed by atoms with Crippen LogP contribution in [-0.4, -0.2) is 18.1 Å². The molecule has 0 saturated heterocycles. The molecular weight excluding hydrogens is 436 g/mol. The van der Waals surface area contributed by atoms with Gasteiger partial charge in [0.15, 0.2) is 17.6 Å². The Morgan fingerprint density at radius 3 is 2.38 bits per heavy atom. The van der Waals surface area contributed by atoms with E-state index in [1.165, 1.54) is 6.07 Å². The van der Waals surface area contributed by atoms with Gasteiger partial charge in [0, 0.05) is 23.3 Å². The van der Waals surface area contributed by atoms with Crippen LogP contribution in [-0.2, 0) is 16.4 Å². The Labute approximate surface area is 180 Å². The molecule has 4 rings (SSSR count). The van der Waals surface area contributed by atoms with Gasteiger partial charge in [-0.25, -0.2) is 0 Å². The number of nitrogens with zero attached hydrogens (tertiary/aromatic N) is 2. The minimum absolute atomic E-state index is 0.0223. The van der Waals surface area contributed by atoms with Crippen LogP contribution < -0.4 is 5.32 Å². The van der Waals surface area contributed by atoms with Gasteiger partial charge in [-0.3, -0.25) is 4.79 Å². The van der Waals surface area contributed by atoms with E-state index in [1.807, 2.05) is 13.8 Å². The lowest BCUT2D eigenvalue weighted by Crippen LogP contribution is -2.52. The third kappa shape index (κ3) is 3.34. The number of carbonyl (C=O) groups excluding carboxylic acids is 1. The summed E-state index contributed by atoms with van der Waals surface area (Å²) in [6.07, 6.45) is -10.4. The fourth-order valence-corrected chi connectivity index (χ4v) is 5.17. The number of nitrogens with one attached hydrogen (secondary N) is 1. The standard InChI is InChI=1S/C22H21F6N3O/c1-4-20(11-6-5-7-12(8-11)21(23,24)25)15-13(9-19(2,3)10-14(15)32)29-18-16(20)17(30-31-18)22(26,27)28/h5-8,18,29H,4,9-10H2,1-3H3. The van der Waals surface area contributed by atoms with Gasteiger partial charge in [-0.1, -0.05) is 39.0 Å². The first-order valence-electron chi connectivity index (χ1n) is 10.1. The van der Waals surface area contributed by atoms with Crippen molar-refractivity contribution in [1.82, 2.24) is 5.32 Å². The van der Waals surface area contributed by atoms with E-state index >= 15 is 0 Å². The minimum atomic E-state index is -4.88. The highest BCUT2D eigenvalue weighted by Gasteiger charge is 2.57. The zero-order valence-corrected chi connectivity index (χ0v) is 17.6. The van der Waals surface area contributed by atoms with Crippen LogP contribution >= 0.6 is 0 Å². The molecular formula is C22H21F6N3O. The van der Waals surface area contributed by atoms with E-state index in [0.29, 0.717) is 12.1 Å². The van der Waals surface area contributed by atoms with Crippen LogP contribution in [0.3, 0.4) is 0 Å². The Hall–Kier alpha value is -2.65. The number of halogens is 6. The molecule has 32 heavy (non-hydrogen) atoms. The fourth-order valence-electron chi connectivity index (χ4n) is 5.17. The van der Waals surface area contributed by atoms with Gasteiger partial charge >= 0.3 is 12.4 Å². The first kappa shape index (κ1) is 22.5. The first-order chi connectivity index (χ1) is 14.7. The van der Waals surface area contributed by atoms with E-state index in [0.717, 1.165) is 18.2 Å². The molecule has 2 heterocycles. The van der Waals surface area contributed by atoms with Crippen LogP contribution in [0, 0.1) is 5.41 Å². The lowest BCUT2D eigenvalue weighted by molar-refractivity contribution is -0.137. The molecule has 2 aliphatic heterocycles. The molecule has 2 unspecified atom stereocenters. The number of ketones is 1. The van der Waals surface area contributed by atoms with Gasteiger partial charge in [-0.2, -0.15) is 31.5 Å². The molecule has 0 fully saturated rings. The van der Waals surface area contributed by atoms with Crippen LogP contribution in [0.15, 0.2) is 57.0 Å². The van der Waals surface area contributed by atoms with E-state index in [2.05, 4.69) is 15.5 Å². The molecule has 3 aliphatic rings. The molecule has 0 radical (unpaired) electrons. The molecule has 4 nitrogen and oxygen atoms in total. The van der Waals surface area contributed by atoms with Crippen LogP contribution in [0.25, 0.3) is 0 Å². The molecule has 0 bridgehead atoms. The maximum atomic E-state index is 13.9. The average molecular weight is 457 g/mol. The largest absolute Gasteiger partial charge is 0.435 e. The third-order valence-electron chi connectivity index (χ3n) is 6.36. The summed E-state index contributed by atoms with van der Waals surface area (Å²) in [5.41, 5.74) is -4.29. The molecule has 0 saturated carbocycles. The second kappa shape index (κ2) is 6.92. The lowest BCUT2D eigenvalue weighted by Gasteiger charge is -2.48. The monoisotopic (exact) mass is 457 g/mol. The Balaban J connectivity index is 2.09. The van der Waals surface area contributed by atoms with Crippen molar-refractivity contribution in [3.63, 3.8) is 0 Å². The number of hydrogen-bond donors (Lipinski definition) is 1. The van der Waals surface area contributed by atoms with Crippen molar-refractivity contribution in [2.45, 2.75) is 64.0 Å². The molecule has 0 amide bonds. The van der Waals surface area contributed by atoms with E-state index in [9.17, 15) is 31.1 Å². The fraction of sp³-hybridized carbons (Fsp3) is 0.500. The van der Waals surface area contributed by atoms with Gasteiger partial charge in [-0.15, -0.1) is 5.11 Å². The van der Waals surface area contributed by atoms with Gasteiger partial charge in [-0.05, 0) is 29.9 Å². The molecule has 1 aromatic rings. The van der Waals surface area contributed by atoms with Crippen LogP contribution in [0.5, 0.6) is 0 Å². The maximum absolute atomic E-state index is 13.9. The van der Waals surface area contributed by atoms with E-state index in [4.69, 9.17) is 0 Å². The van der Waals surface area contributed by atoms with Crippen molar-refractivity contribution < 1.29 is 31.1 Å². The molecule has 10 heteroatoms. The maximum Gasteiger partial charge on any atom is 0.435 e. The highest BCUT2D eigenvalue weighted by molar-refractivity contribution is 6.01. The molecule has 172 valence electrons. The lowest BCUT2D eigenvalue weighted by atomic mass is 9.58. The van der Waals surface area contributed by atoms with E-state index < -0.39 is 40.6 Å². The van der Waals surface area contributed by atoms with Crippen LogP contribution in [0.2, 0.25) is 0 Å². The van der Waals surface area contributed by atoms with Crippen LogP contribution in [0.4, 0.5) is 26.3 Å². The number of hydrogen-bond acceptors (Lipinski definition) is 4. The first-order valence-corrected chi connectivity index (χ1v) is 10.1. The summed E-state index contributed by atoms with van der Waals surface area (Å²) in [7, 11) is 0. The molecule has 0 spiro atoms. The highest BCUT2D eigenvalue weighted by atomic mass is 19.4. The normalized spacial score (nSPS) is 27.4. The quantitative estimate of drug-likeness (QED) is 0.537. The van der Waals surface area contributed by atoms with Gasteiger partial charge in [0.25, 0.3) is 0 Å². The number of Topliss-reactive ketones (excluding diaryl/α,β-unsaturated/α-hetero) is 1. The molecule has 1 N–H and O–H groups in total. The van der Waals surface area contributed by atoms with Crippen LogP contribution in [0.1, 0.15) is 51.2 Å². The third-order valence-corrected chi connectivity index (χ3v) is 6.36. The molecule has 1 aromatic carbocycles. The summed E-state index contributed by atoms with van der Waals surface area (Å²) in [5, 5.41) is 10.1. The molecule has 2 atom stereocenters. The van der Waals surface area contributed by atoms with E-state index in [-0.39, 0.29) is 35.3 Å². The minimum Gasteiger partial charge on any atom is -0.362 e. The number of alkyl halides is 6. The SMILES string of the molecule is CCC1(c2cccc(C(F)(F)F)c2)C2=C(CC(C)(C)CC2=O)NC2N=NC(C(F)(F)F)=C21. The van der Waals surface area contributed by atoms with Crippen molar-refractivity contribution in [2.75, 3.05) is 0 Å². The van der Waals surface area contributed by atoms with Crippen molar-refractivity contribution >= 4 is 5.78 Å². The summed E-state index contributed by atoms with van der Waals surface area (Å²) in [6, 6.07) is 4.19. The van der Waals surface area contributed by atoms with Gasteiger partial charge in [0.2, 0.25) is 0 Å². The Morgan fingerprint density at radius 2 is 1.78 bits per heavy atom. The van der Waals surface area contributed by atoms with Crippen molar-refractivity contribution in [2.24, 2.45) is 15.6 Å². The topological polar surface area (TPSA) is 53.8 Å². The van der Waals surface area contributed by atoms with Crippen molar-refractivity contribution in [3.8, 4) is 0 Å².